The summed E-state index contributed by atoms with van der Waals surface area (Å²) in [4.78, 5) is 12.7. The number of primary amides is 1. The maximum Gasteiger partial charge on any atom is 0.218 e. The van der Waals surface area contributed by atoms with Crippen LogP contribution in [0.4, 0.5) is 0 Å². The smallest absolute Gasteiger partial charge is 0.218 e. The summed E-state index contributed by atoms with van der Waals surface area (Å²) < 4.78 is 0. The molecule has 1 unspecified atom stereocenters. The molecule has 12 heavy (non-hydrogen) atoms. The molecule has 0 saturated carbocycles. The molecule has 0 radical (unpaired) electrons. The van der Waals surface area contributed by atoms with Crippen LogP contribution < -0.4 is 5.73 Å². The number of nitrogens with zero attached hydrogens (tertiary/aromatic N) is 1. The van der Waals surface area contributed by atoms with Gasteiger partial charge in [-0.25, -0.2) is 0 Å². The SMILES string of the molecule is CN(CCC(N)=O)C1CCSC1. The lowest BCUT2D eigenvalue weighted by Crippen LogP contribution is -2.34. The molecule has 3 nitrogen and oxygen atoms in total. The van der Waals surface area contributed by atoms with Crippen LogP contribution in [0.15, 0.2) is 0 Å². The molecule has 0 aliphatic carbocycles. The minimum atomic E-state index is -0.201. The number of nitrogens with two attached hydrogens (primary N) is 1. The lowest BCUT2D eigenvalue weighted by molar-refractivity contribution is -0.118. The van der Waals surface area contributed by atoms with Gasteiger partial charge in [0.05, 0.1) is 0 Å². The van der Waals surface area contributed by atoms with Crippen molar-refractivity contribution < 1.29 is 4.79 Å². The molecule has 70 valence electrons. The summed E-state index contributed by atoms with van der Waals surface area (Å²) in [5.74, 6) is 2.26. The molecule has 2 N–H and O–H groups in total. The fourth-order valence-electron chi connectivity index (χ4n) is 1.34. The Morgan fingerprint density at radius 2 is 2.50 bits per heavy atom. The van der Waals surface area contributed by atoms with Crippen LogP contribution in [0, 0.1) is 0 Å². The van der Waals surface area contributed by atoms with Crippen molar-refractivity contribution >= 4 is 17.7 Å². The van der Waals surface area contributed by atoms with Crippen molar-refractivity contribution in [2.45, 2.75) is 18.9 Å². The van der Waals surface area contributed by atoms with Crippen molar-refractivity contribution in [3.63, 3.8) is 0 Å². The van der Waals surface area contributed by atoms with Gasteiger partial charge in [0.1, 0.15) is 0 Å². The first kappa shape index (κ1) is 9.86. The van der Waals surface area contributed by atoms with Gasteiger partial charge in [0.2, 0.25) is 5.91 Å². The van der Waals surface area contributed by atoms with Gasteiger partial charge in [0, 0.05) is 24.8 Å². The number of carbonyl (C=O) groups excluding carboxylic acids is 1. The van der Waals surface area contributed by atoms with Gasteiger partial charge in [0.15, 0.2) is 0 Å². The van der Waals surface area contributed by atoms with E-state index in [1.165, 1.54) is 17.9 Å². The molecule has 1 saturated heterocycles. The Labute approximate surface area is 77.7 Å². The molecule has 0 aromatic carbocycles. The molecular weight excluding hydrogens is 172 g/mol. The van der Waals surface area contributed by atoms with E-state index in [2.05, 4.69) is 11.9 Å². The van der Waals surface area contributed by atoms with Crippen molar-refractivity contribution in [2.24, 2.45) is 5.73 Å². The highest BCUT2D eigenvalue weighted by molar-refractivity contribution is 7.99. The zero-order valence-corrected chi connectivity index (χ0v) is 8.27. The number of carbonyl (C=O) groups is 1. The average molecular weight is 188 g/mol. The molecule has 1 aliphatic rings. The lowest BCUT2D eigenvalue weighted by atomic mass is 10.2. The van der Waals surface area contributed by atoms with Crippen LogP contribution in [-0.2, 0) is 4.79 Å². The van der Waals surface area contributed by atoms with E-state index in [1.54, 1.807) is 0 Å². The highest BCUT2D eigenvalue weighted by Gasteiger charge is 2.19. The van der Waals surface area contributed by atoms with Crippen LogP contribution in [0.5, 0.6) is 0 Å². The Hall–Kier alpha value is -0.220. The summed E-state index contributed by atoms with van der Waals surface area (Å²) in [6.07, 6.45) is 1.73. The van der Waals surface area contributed by atoms with Crippen LogP contribution >= 0.6 is 11.8 Å². The summed E-state index contributed by atoms with van der Waals surface area (Å²) in [6.45, 7) is 0.806. The molecule has 1 heterocycles. The van der Waals surface area contributed by atoms with Crippen molar-refractivity contribution in [3.05, 3.63) is 0 Å². The van der Waals surface area contributed by atoms with Crippen LogP contribution in [-0.4, -0.2) is 41.9 Å². The maximum absolute atomic E-state index is 10.5. The Kier molecular flexibility index (Phi) is 3.88. The fourth-order valence-corrected chi connectivity index (χ4v) is 2.64. The van der Waals surface area contributed by atoms with Gasteiger partial charge in [-0.3, -0.25) is 4.79 Å². The van der Waals surface area contributed by atoms with E-state index < -0.39 is 0 Å². The van der Waals surface area contributed by atoms with Crippen LogP contribution in [0.2, 0.25) is 0 Å². The lowest BCUT2D eigenvalue weighted by Gasteiger charge is -2.22. The van der Waals surface area contributed by atoms with E-state index in [1.807, 2.05) is 11.8 Å². The second-order valence-corrected chi connectivity index (χ2v) is 4.36. The molecule has 1 aliphatic heterocycles. The molecule has 4 heteroatoms. The van der Waals surface area contributed by atoms with Gasteiger partial charge in [-0.2, -0.15) is 11.8 Å². The predicted octanol–water partition coefficient (Wildman–Crippen LogP) is 0.299. The second kappa shape index (κ2) is 4.72. The van der Waals surface area contributed by atoms with Crippen LogP contribution in [0.25, 0.3) is 0 Å². The first-order valence-corrected chi connectivity index (χ1v) is 5.42. The fraction of sp³-hybridized carbons (Fsp3) is 0.875. The monoisotopic (exact) mass is 188 g/mol. The third-order valence-corrected chi connectivity index (χ3v) is 3.38. The van der Waals surface area contributed by atoms with Gasteiger partial charge in [0.25, 0.3) is 0 Å². The van der Waals surface area contributed by atoms with E-state index in [0.717, 1.165) is 6.54 Å². The Bertz CT molecular complexity index is 157. The number of rotatable bonds is 4. The van der Waals surface area contributed by atoms with E-state index in [0.29, 0.717) is 12.5 Å². The minimum absolute atomic E-state index is 0.201. The molecule has 0 bridgehead atoms. The predicted molar refractivity (Wildman–Crippen MR) is 52.2 cm³/mol. The second-order valence-electron chi connectivity index (χ2n) is 3.21. The summed E-state index contributed by atoms with van der Waals surface area (Å²) >= 11 is 1.99. The molecule has 1 atom stereocenters. The topological polar surface area (TPSA) is 46.3 Å². The molecular formula is C8H16N2OS. The molecule has 1 amide bonds. The number of amides is 1. The van der Waals surface area contributed by atoms with Crippen LogP contribution in [0.1, 0.15) is 12.8 Å². The van der Waals surface area contributed by atoms with Gasteiger partial charge >= 0.3 is 0 Å². The highest BCUT2D eigenvalue weighted by Crippen LogP contribution is 2.21. The van der Waals surface area contributed by atoms with Gasteiger partial charge < -0.3 is 10.6 Å². The van der Waals surface area contributed by atoms with E-state index >= 15 is 0 Å². The summed E-state index contributed by atoms with van der Waals surface area (Å²) in [5.41, 5.74) is 5.07. The van der Waals surface area contributed by atoms with Gasteiger partial charge in [-0.1, -0.05) is 0 Å². The molecule has 0 aromatic heterocycles. The van der Waals surface area contributed by atoms with E-state index in [-0.39, 0.29) is 5.91 Å². The van der Waals surface area contributed by atoms with Gasteiger partial charge in [-0.15, -0.1) is 0 Å². The largest absolute Gasteiger partial charge is 0.370 e. The normalized spacial score (nSPS) is 23.3. The zero-order valence-electron chi connectivity index (χ0n) is 7.45. The zero-order chi connectivity index (χ0) is 8.97. The first-order valence-electron chi connectivity index (χ1n) is 4.26. The van der Waals surface area contributed by atoms with Gasteiger partial charge in [-0.05, 0) is 19.2 Å². The molecule has 1 fully saturated rings. The molecule has 0 spiro atoms. The quantitative estimate of drug-likeness (QED) is 0.690. The highest BCUT2D eigenvalue weighted by atomic mass is 32.2. The number of thioether (sulfide) groups is 1. The number of hydrogen-bond acceptors (Lipinski definition) is 3. The van der Waals surface area contributed by atoms with E-state index in [9.17, 15) is 4.79 Å². The standard InChI is InChI=1S/C8H16N2OS/c1-10(4-2-8(9)11)7-3-5-12-6-7/h7H,2-6H2,1H3,(H2,9,11). The third-order valence-electron chi connectivity index (χ3n) is 2.24. The molecule has 1 rings (SSSR count). The average Bonchev–Trinajstić information content (AvgIpc) is 2.51. The van der Waals surface area contributed by atoms with Crippen LogP contribution in [0.3, 0.4) is 0 Å². The Balaban J connectivity index is 2.17. The van der Waals surface area contributed by atoms with Crippen molar-refractivity contribution in [3.8, 4) is 0 Å². The maximum atomic E-state index is 10.5. The van der Waals surface area contributed by atoms with E-state index in [4.69, 9.17) is 5.73 Å². The number of hydrogen-bond donors (Lipinski definition) is 1. The summed E-state index contributed by atoms with van der Waals surface area (Å²) in [5, 5.41) is 0. The summed E-state index contributed by atoms with van der Waals surface area (Å²) in [6, 6.07) is 0.661. The first-order chi connectivity index (χ1) is 5.70. The van der Waals surface area contributed by atoms with Crippen molar-refractivity contribution in [2.75, 3.05) is 25.1 Å². The third kappa shape index (κ3) is 3.03. The Morgan fingerprint density at radius 1 is 1.75 bits per heavy atom. The Morgan fingerprint density at radius 3 is 3.00 bits per heavy atom. The summed E-state index contributed by atoms with van der Waals surface area (Å²) in [7, 11) is 2.07. The minimum Gasteiger partial charge on any atom is -0.370 e. The van der Waals surface area contributed by atoms with Crippen molar-refractivity contribution in [1.29, 1.82) is 0 Å². The molecule has 0 aromatic rings. The van der Waals surface area contributed by atoms with Crippen molar-refractivity contribution in [1.82, 2.24) is 4.90 Å².